The van der Waals surface area contributed by atoms with Crippen LogP contribution in [0.2, 0.25) is 5.02 Å². The van der Waals surface area contributed by atoms with Crippen molar-refractivity contribution in [2.75, 3.05) is 0 Å². The van der Waals surface area contributed by atoms with Gasteiger partial charge in [-0.1, -0.05) is 29.8 Å². The monoisotopic (exact) mass is 302 g/mol. The highest BCUT2D eigenvalue weighted by molar-refractivity contribution is 6.30. The summed E-state index contributed by atoms with van der Waals surface area (Å²) in [6, 6.07) is 13.5. The highest BCUT2D eigenvalue weighted by Crippen LogP contribution is 2.18. The van der Waals surface area contributed by atoms with Crippen molar-refractivity contribution in [3.63, 3.8) is 0 Å². The fraction of sp³-hybridized carbons (Fsp3) is 0.235. The highest BCUT2D eigenvalue weighted by atomic mass is 35.5. The van der Waals surface area contributed by atoms with E-state index in [-0.39, 0.29) is 6.04 Å². The lowest BCUT2D eigenvalue weighted by Gasteiger charge is -2.16. The molecule has 0 saturated heterocycles. The summed E-state index contributed by atoms with van der Waals surface area (Å²) >= 11 is 6.01. The van der Waals surface area contributed by atoms with Crippen LogP contribution < -0.4 is 11.1 Å². The standard InChI is InChI=1S/C17H19ClN2O/c1-11-8-14(17(19)21)6-7-15(11)10-20-12(2)13-4-3-5-16(18)9-13/h3-9,12,20H,10H2,1-2H3,(H2,19,21)/t12-/m1/s1. The number of hydrogen-bond donors (Lipinski definition) is 2. The topological polar surface area (TPSA) is 55.1 Å². The Hall–Kier alpha value is -1.84. The fourth-order valence-corrected chi connectivity index (χ4v) is 2.40. The average molecular weight is 303 g/mol. The van der Waals surface area contributed by atoms with Crippen LogP contribution in [0.25, 0.3) is 0 Å². The Morgan fingerprint density at radius 2 is 2.05 bits per heavy atom. The number of aryl methyl sites for hydroxylation is 1. The second-order valence-corrected chi connectivity index (χ2v) is 5.60. The first kappa shape index (κ1) is 15.5. The molecule has 3 nitrogen and oxygen atoms in total. The third-order valence-corrected chi connectivity index (χ3v) is 3.81. The summed E-state index contributed by atoms with van der Waals surface area (Å²) in [7, 11) is 0. The van der Waals surface area contributed by atoms with E-state index in [1.807, 2.05) is 43.3 Å². The maximum atomic E-state index is 11.1. The minimum Gasteiger partial charge on any atom is -0.366 e. The van der Waals surface area contributed by atoms with Gasteiger partial charge in [-0.25, -0.2) is 0 Å². The van der Waals surface area contributed by atoms with Crippen LogP contribution in [0.3, 0.4) is 0 Å². The Bertz CT molecular complexity index is 655. The number of primary amides is 1. The second-order valence-electron chi connectivity index (χ2n) is 5.16. The van der Waals surface area contributed by atoms with Gasteiger partial charge in [-0.2, -0.15) is 0 Å². The largest absolute Gasteiger partial charge is 0.366 e. The van der Waals surface area contributed by atoms with E-state index in [9.17, 15) is 4.79 Å². The van der Waals surface area contributed by atoms with Gasteiger partial charge in [0, 0.05) is 23.2 Å². The lowest BCUT2D eigenvalue weighted by atomic mass is 10.0. The van der Waals surface area contributed by atoms with Crippen molar-refractivity contribution in [2.24, 2.45) is 5.73 Å². The van der Waals surface area contributed by atoms with Crippen molar-refractivity contribution in [3.05, 3.63) is 69.7 Å². The summed E-state index contributed by atoms with van der Waals surface area (Å²) in [6.07, 6.45) is 0. The number of halogens is 1. The molecule has 1 atom stereocenters. The van der Waals surface area contributed by atoms with Gasteiger partial charge in [0.15, 0.2) is 0 Å². The van der Waals surface area contributed by atoms with Gasteiger partial charge in [-0.15, -0.1) is 0 Å². The molecule has 0 aliphatic rings. The van der Waals surface area contributed by atoms with Crippen LogP contribution in [0.1, 0.15) is 40.0 Å². The van der Waals surface area contributed by atoms with Crippen LogP contribution in [-0.4, -0.2) is 5.91 Å². The molecule has 0 bridgehead atoms. The average Bonchev–Trinajstić information content (AvgIpc) is 2.45. The number of nitrogens with one attached hydrogen (secondary N) is 1. The lowest BCUT2D eigenvalue weighted by molar-refractivity contribution is 0.1000. The van der Waals surface area contributed by atoms with Gasteiger partial charge < -0.3 is 11.1 Å². The Morgan fingerprint density at radius 3 is 2.67 bits per heavy atom. The molecule has 0 heterocycles. The molecule has 0 saturated carbocycles. The van der Waals surface area contributed by atoms with Gasteiger partial charge in [0.1, 0.15) is 0 Å². The molecule has 2 aromatic carbocycles. The molecule has 0 unspecified atom stereocenters. The van der Waals surface area contributed by atoms with E-state index in [4.69, 9.17) is 17.3 Å². The van der Waals surface area contributed by atoms with Crippen LogP contribution in [0.4, 0.5) is 0 Å². The first-order chi connectivity index (χ1) is 9.97. The van der Waals surface area contributed by atoms with Gasteiger partial charge in [0.2, 0.25) is 5.91 Å². The number of hydrogen-bond acceptors (Lipinski definition) is 2. The van der Waals surface area contributed by atoms with E-state index in [1.54, 1.807) is 6.07 Å². The van der Waals surface area contributed by atoms with Crippen LogP contribution >= 0.6 is 11.6 Å². The van der Waals surface area contributed by atoms with Gasteiger partial charge in [0.05, 0.1) is 0 Å². The quantitative estimate of drug-likeness (QED) is 0.886. The van der Waals surface area contributed by atoms with Gasteiger partial charge >= 0.3 is 0 Å². The Kier molecular flexibility index (Phi) is 4.99. The van der Waals surface area contributed by atoms with Crippen molar-refractivity contribution in [2.45, 2.75) is 26.4 Å². The normalized spacial score (nSPS) is 12.1. The summed E-state index contributed by atoms with van der Waals surface area (Å²) in [4.78, 5) is 11.1. The first-order valence-electron chi connectivity index (χ1n) is 6.85. The molecule has 0 fully saturated rings. The zero-order chi connectivity index (χ0) is 15.4. The molecule has 110 valence electrons. The van der Waals surface area contributed by atoms with Crippen molar-refractivity contribution >= 4 is 17.5 Å². The van der Waals surface area contributed by atoms with E-state index in [1.165, 1.54) is 0 Å². The Labute approximate surface area is 130 Å². The van der Waals surface area contributed by atoms with Crippen molar-refractivity contribution in [3.8, 4) is 0 Å². The van der Waals surface area contributed by atoms with Crippen molar-refractivity contribution in [1.82, 2.24) is 5.32 Å². The van der Waals surface area contributed by atoms with Crippen LogP contribution in [0.15, 0.2) is 42.5 Å². The molecule has 0 aliphatic heterocycles. The second kappa shape index (κ2) is 6.74. The third kappa shape index (κ3) is 4.06. The first-order valence-corrected chi connectivity index (χ1v) is 7.23. The summed E-state index contributed by atoms with van der Waals surface area (Å²) < 4.78 is 0. The number of amides is 1. The molecule has 2 rings (SSSR count). The predicted molar refractivity (Wildman–Crippen MR) is 86.4 cm³/mol. The molecule has 3 N–H and O–H groups in total. The van der Waals surface area contributed by atoms with E-state index >= 15 is 0 Å². The van der Waals surface area contributed by atoms with E-state index < -0.39 is 5.91 Å². The molecular weight excluding hydrogens is 284 g/mol. The molecule has 1 amide bonds. The molecule has 4 heteroatoms. The Balaban J connectivity index is 2.04. The smallest absolute Gasteiger partial charge is 0.248 e. The summed E-state index contributed by atoms with van der Waals surface area (Å²) in [5.74, 6) is -0.398. The molecule has 0 radical (unpaired) electrons. The maximum Gasteiger partial charge on any atom is 0.248 e. The van der Waals surface area contributed by atoms with Gasteiger partial charge in [-0.3, -0.25) is 4.79 Å². The van der Waals surface area contributed by atoms with Crippen molar-refractivity contribution < 1.29 is 4.79 Å². The van der Waals surface area contributed by atoms with Crippen LogP contribution in [0, 0.1) is 6.92 Å². The van der Waals surface area contributed by atoms with E-state index in [0.717, 1.165) is 28.3 Å². The number of rotatable bonds is 5. The van der Waals surface area contributed by atoms with E-state index in [0.29, 0.717) is 5.56 Å². The number of nitrogens with two attached hydrogens (primary N) is 1. The molecule has 0 spiro atoms. The number of benzene rings is 2. The lowest BCUT2D eigenvalue weighted by Crippen LogP contribution is -2.19. The third-order valence-electron chi connectivity index (χ3n) is 3.57. The van der Waals surface area contributed by atoms with E-state index in [2.05, 4.69) is 12.2 Å². The highest BCUT2D eigenvalue weighted by Gasteiger charge is 2.08. The zero-order valence-corrected chi connectivity index (χ0v) is 12.9. The van der Waals surface area contributed by atoms with Crippen LogP contribution in [0.5, 0.6) is 0 Å². The number of carbonyl (C=O) groups is 1. The Morgan fingerprint density at radius 1 is 1.29 bits per heavy atom. The minimum absolute atomic E-state index is 0.193. The zero-order valence-electron chi connectivity index (χ0n) is 12.2. The van der Waals surface area contributed by atoms with Crippen LogP contribution in [-0.2, 0) is 6.54 Å². The SMILES string of the molecule is Cc1cc(C(N)=O)ccc1CN[C@H](C)c1cccc(Cl)c1. The molecular formula is C17H19ClN2O. The van der Waals surface area contributed by atoms with Crippen molar-refractivity contribution in [1.29, 1.82) is 0 Å². The molecule has 0 aromatic heterocycles. The predicted octanol–water partition coefficient (Wildman–Crippen LogP) is 3.60. The summed E-state index contributed by atoms with van der Waals surface area (Å²) in [6.45, 7) is 4.80. The molecule has 0 aliphatic carbocycles. The summed E-state index contributed by atoms with van der Waals surface area (Å²) in [5, 5.41) is 4.20. The summed E-state index contributed by atoms with van der Waals surface area (Å²) in [5.41, 5.74) is 9.17. The minimum atomic E-state index is -0.398. The number of carbonyl (C=O) groups excluding carboxylic acids is 1. The molecule has 21 heavy (non-hydrogen) atoms. The van der Waals surface area contributed by atoms with Gasteiger partial charge in [0.25, 0.3) is 0 Å². The fourth-order valence-electron chi connectivity index (χ4n) is 2.20. The maximum absolute atomic E-state index is 11.1. The molecule has 2 aromatic rings. The van der Waals surface area contributed by atoms with Gasteiger partial charge in [-0.05, 0) is 54.8 Å².